The first-order chi connectivity index (χ1) is 18.7. The average Bonchev–Trinajstić information content (AvgIpc) is 3.33. The average molecular weight is 583 g/mol. The third-order valence-electron chi connectivity index (χ3n) is 5.55. The van der Waals surface area contributed by atoms with Crippen LogP contribution in [0.1, 0.15) is 33.2 Å². The summed E-state index contributed by atoms with van der Waals surface area (Å²) in [6.07, 6.45) is 0. The standard InChI is InChI=1S/C29H24Cl2N2O5S/c1-3-37-29(36)26-22(18-6-4-17(2)5-7-18)16-39-28(26)33-25(34)15-38-21-11-8-19(9-12-21)27(35)32-24-14-20(30)10-13-23(24)31/h4-14,16H,3,15H2,1-2H3,(H,32,35)(H,33,34). The van der Waals surface area contributed by atoms with Gasteiger partial charge in [0.05, 0.1) is 17.3 Å². The molecule has 10 heteroatoms. The monoisotopic (exact) mass is 582 g/mol. The number of benzene rings is 3. The summed E-state index contributed by atoms with van der Waals surface area (Å²) in [4.78, 5) is 38.0. The van der Waals surface area contributed by atoms with E-state index in [0.717, 1.165) is 11.1 Å². The van der Waals surface area contributed by atoms with Crippen LogP contribution >= 0.6 is 34.5 Å². The summed E-state index contributed by atoms with van der Waals surface area (Å²) < 4.78 is 10.8. The molecule has 7 nitrogen and oxygen atoms in total. The third kappa shape index (κ3) is 7.17. The van der Waals surface area contributed by atoms with Crippen molar-refractivity contribution in [3.8, 4) is 16.9 Å². The lowest BCUT2D eigenvalue weighted by atomic mass is 10.0. The molecule has 0 radical (unpaired) electrons. The molecule has 0 aliphatic rings. The molecule has 0 atom stereocenters. The molecule has 39 heavy (non-hydrogen) atoms. The zero-order valence-corrected chi connectivity index (χ0v) is 23.4. The van der Waals surface area contributed by atoms with Crippen LogP contribution in [0, 0.1) is 6.92 Å². The Morgan fingerprint density at radius 3 is 2.33 bits per heavy atom. The Balaban J connectivity index is 1.40. The molecule has 3 aromatic carbocycles. The summed E-state index contributed by atoms with van der Waals surface area (Å²) in [6.45, 7) is 3.61. The number of rotatable bonds is 9. The largest absolute Gasteiger partial charge is 0.484 e. The molecule has 2 amide bonds. The van der Waals surface area contributed by atoms with Crippen LogP contribution in [0.5, 0.6) is 5.75 Å². The van der Waals surface area contributed by atoms with Gasteiger partial charge in [-0.2, -0.15) is 0 Å². The van der Waals surface area contributed by atoms with Crippen LogP contribution in [-0.4, -0.2) is 31.0 Å². The number of carbonyl (C=O) groups excluding carboxylic acids is 3. The second-order valence-corrected chi connectivity index (χ2v) is 10.1. The number of carbonyl (C=O) groups is 3. The minimum atomic E-state index is -0.515. The summed E-state index contributed by atoms with van der Waals surface area (Å²) in [5.41, 5.74) is 3.68. The number of nitrogens with one attached hydrogen (secondary N) is 2. The van der Waals surface area contributed by atoms with Crippen LogP contribution in [0.4, 0.5) is 10.7 Å². The zero-order valence-electron chi connectivity index (χ0n) is 21.0. The highest BCUT2D eigenvalue weighted by Crippen LogP contribution is 2.36. The van der Waals surface area contributed by atoms with Crippen molar-refractivity contribution in [1.82, 2.24) is 0 Å². The van der Waals surface area contributed by atoms with E-state index in [9.17, 15) is 14.4 Å². The van der Waals surface area contributed by atoms with Crippen molar-refractivity contribution >= 4 is 63.0 Å². The van der Waals surface area contributed by atoms with Gasteiger partial charge in [0, 0.05) is 21.5 Å². The maximum atomic E-state index is 12.7. The summed E-state index contributed by atoms with van der Waals surface area (Å²) in [5.74, 6) is -0.953. The minimum Gasteiger partial charge on any atom is -0.484 e. The van der Waals surface area contributed by atoms with Gasteiger partial charge in [0.1, 0.15) is 16.3 Å². The normalized spacial score (nSPS) is 10.6. The number of hydrogen-bond acceptors (Lipinski definition) is 6. The van der Waals surface area contributed by atoms with Crippen molar-refractivity contribution in [2.75, 3.05) is 23.8 Å². The maximum absolute atomic E-state index is 12.7. The molecule has 0 bridgehead atoms. The molecule has 0 aliphatic carbocycles. The molecular formula is C29H24Cl2N2O5S. The molecule has 0 aliphatic heterocycles. The van der Waals surface area contributed by atoms with Gasteiger partial charge in [0.25, 0.3) is 11.8 Å². The molecular weight excluding hydrogens is 559 g/mol. The number of hydrogen-bond donors (Lipinski definition) is 2. The fraction of sp³-hybridized carbons (Fsp3) is 0.138. The Bertz CT molecular complexity index is 1500. The van der Waals surface area contributed by atoms with Crippen LogP contribution in [0.15, 0.2) is 72.1 Å². The van der Waals surface area contributed by atoms with Crippen LogP contribution in [0.2, 0.25) is 10.0 Å². The number of esters is 1. The van der Waals surface area contributed by atoms with Crippen molar-refractivity contribution in [1.29, 1.82) is 0 Å². The topological polar surface area (TPSA) is 93.7 Å². The van der Waals surface area contributed by atoms with Crippen molar-refractivity contribution in [2.24, 2.45) is 0 Å². The first kappa shape index (κ1) is 28.2. The van der Waals surface area contributed by atoms with Gasteiger partial charge in [0.15, 0.2) is 6.61 Å². The molecule has 0 spiro atoms. The van der Waals surface area contributed by atoms with Gasteiger partial charge in [-0.3, -0.25) is 9.59 Å². The van der Waals surface area contributed by atoms with Crippen LogP contribution < -0.4 is 15.4 Å². The zero-order chi connectivity index (χ0) is 27.9. The van der Waals surface area contributed by atoms with Crippen LogP contribution in [0.25, 0.3) is 11.1 Å². The van der Waals surface area contributed by atoms with E-state index in [2.05, 4.69) is 10.6 Å². The maximum Gasteiger partial charge on any atom is 0.341 e. The number of ether oxygens (including phenoxy) is 2. The molecule has 0 unspecified atom stereocenters. The molecule has 1 aromatic heterocycles. The number of anilines is 2. The molecule has 2 N–H and O–H groups in total. The number of amides is 2. The predicted molar refractivity (Wildman–Crippen MR) is 155 cm³/mol. The Hall–Kier alpha value is -3.85. The van der Waals surface area contributed by atoms with Gasteiger partial charge in [-0.25, -0.2) is 4.79 Å². The van der Waals surface area contributed by atoms with Gasteiger partial charge in [0.2, 0.25) is 0 Å². The Kier molecular flexibility index (Phi) is 9.24. The van der Waals surface area contributed by atoms with Crippen molar-refractivity contribution in [2.45, 2.75) is 13.8 Å². The van der Waals surface area contributed by atoms with E-state index >= 15 is 0 Å². The molecule has 0 fully saturated rings. The quantitative estimate of drug-likeness (QED) is 0.199. The molecule has 0 saturated carbocycles. The fourth-order valence-corrected chi connectivity index (χ4v) is 4.91. The lowest BCUT2D eigenvalue weighted by molar-refractivity contribution is -0.118. The fourth-order valence-electron chi connectivity index (χ4n) is 3.60. The lowest BCUT2D eigenvalue weighted by Gasteiger charge is -2.10. The van der Waals surface area contributed by atoms with Gasteiger partial charge in [-0.05, 0) is 61.9 Å². The van der Waals surface area contributed by atoms with E-state index < -0.39 is 11.9 Å². The summed E-state index contributed by atoms with van der Waals surface area (Å²) >= 11 is 13.3. The van der Waals surface area contributed by atoms with E-state index in [4.69, 9.17) is 32.7 Å². The van der Waals surface area contributed by atoms with Gasteiger partial charge in [-0.15, -0.1) is 11.3 Å². The smallest absolute Gasteiger partial charge is 0.341 e. The first-order valence-electron chi connectivity index (χ1n) is 11.9. The lowest BCUT2D eigenvalue weighted by Crippen LogP contribution is -2.21. The summed E-state index contributed by atoms with van der Waals surface area (Å²) in [5, 5.41) is 8.46. The predicted octanol–water partition coefficient (Wildman–Crippen LogP) is 7.48. The molecule has 200 valence electrons. The Labute approximate surface area is 239 Å². The second-order valence-electron chi connectivity index (χ2n) is 8.38. The van der Waals surface area contributed by atoms with E-state index in [1.807, 2.05) is 36.6 Å². The van der Waals surface area contributed by atoms with Gasteiger partial charge >= 0.3 is 5.97 Å². The SMILES string of the molecule is CCOC(=O)c1c(-c2ccc(C)cc2)csc1NC(=O)COc1ccc(C(=O)Nc2cc(Cl)ccc2Cl)cc1. The van der Waals surface area contributed by atoms with Crippen molar-refractivity contribution < 1.29 is 23.9 Å². The Morgan fingerprint density at radius 2 is 1.64 bits per heavy atom. The summed E-state index contributed by atoms with van der Waals surface area (Å²) in [7, 11) is 0. The van der Waals surface area contributed by atoms with Crippen molar-refractivity contribution in [3.63, 3.8) is 0 Å². The van der Waals surface area contributed by atoms with E-state index in [-0.39, 0.29) is 19.1 Å². The van der Waals surface area contributed by atoms with Crippen LogP contribution in [0.3, 0.4) is 0 Å². The van der Waals surface area contributed by atoms with E-state index in [1.165, 1.54) is 11.3 Å². The highest BCUT2D eigenvalue weighted by molar-refractivity contribution is 7.15. The van der Waals surface area contributed by atoms with Crippen molar-refractivity contribution in [3.05, 3.63) is 98.8 Å². The molecule has 0 saturated heterocycles. The van der Waals surface area contributed by atoms with Gasteiger partial charge in [-0.1, -0.05) is 53.0 Å². The van der Waals surface area contributed by atoms with Gasteiger partial charge < -0.3 is 20.1 Å². The number of thiophene rings is 1. The highest BCUT2D eigenvalue weighted by atomic mass is 35.5. The molecule has 4 aromatic rings. The van der Waals surface area contributed by atoms with E-state index in [0.29, 0.717) is 43.2 Å². The molecule has 1 heterocycles. The first-order valence-corrected chi connectivity index (χ1v) is 13.5. The molecule has 4 rings (SSSR count). The van der Waals surface area contributed by atoms with Crippen LogP contribution in [-0.2, 0) is 9.53 Å². The number of aryl methyl sites for hydroxylation is 1. The number of halogens is 2. The van der Waals surface area contributed by atoms with E-state index in [1.54, 1.807) is 49.4 Å². The Morgan fingerprint density at radius 1 is 0.923 bits per heavy atom. The third-order valence-corrected chi connectivity index (χ3v) is 7.01. The minimum absolute atomic E-state index is 0.207. The summed E-state index contributed by atoms with van der Waals surface area (Å²) in [6, 6.07) is 18.8. The second kappa shape index (κ2) is 12.8. The highest BCUT2D eigenvalue weighted by Gasteiger charge is 2.23.